The Kier molecular flexibility index (Phi) is 2.82. The van der Waals surface area contributed by atoms with Crippen molar-refractivity contribution in [3.8, 4) is 11.4 Å². The molecular weight excluding hydrogens is 262 g/mol. The maximum Gasteiger partial charge on any atom is 0.259 e. The summed E-state index contributed by atoms with van der Waals surface area (Å²) in [6, 6.07) is 9.16. The second kappa shape index (κ2) is 4.52. The van der Waals surface area contributed by atoms with Gasteiger partial charge in [-0.05, 0) is 18.6 Å². The first-order valence-corrected chi connectivity index (χ1v) is 6.01. The van der Waals surface area contributed by atoms with E-state index in [1.165, 1.54) is 0 Å². The zero-order chi connectivity index (χ0) is 14.3. The van der Waals surface area contributed by atoms with E-state index in [1.54, 1.807) is 6.07 Å². The molecule has 3 rings (SSSR count). The van der Waals surface area contributed by atoms with Gasteiger partial charge in [-0.15, -0.1) is 0 Å². The fourth-order valence-electron chi connectivity index (χ4n) is 2.10. The van der Waals surface area contributed by atoms with Crippen LogP contribution in [0.2, 0.25) is 0 Å². The Balaban J connectivity index is 2.33. The summed E-state index contributed by atoms with van der Waals surface area (Å²) in [7, 11) is 0. The number of hydrogen-bond acceptors (Lipinski definition) is 2. The molecule has 0 amide bonds. The van der Waals surface area contributed by atoms with Crippen molar-refractivity contribution in [3.05, 3.63) is 63.9 Å². The van der Waals surface area contributed by atoms with Gasteiger partial charge < -0.3 is 4.98 Å². The van der Waals surface area contributed by atoms with E-state index in [-0.39, 0.29) is 10.9 Å². The minimum absolute atomic E-state index is 0.0289. The Labute approximate surface area is 112 Å². The fourth-order valence-corrected chi connectivity index (χ4v) is 2.10. The van der Waals surface area contributed by atoms with Crippen LogP contribution in [0, 0.1) is 18.6 Å². The molecular formula is C15H10F2N2O. The van der Waals surface area contributed by atoms with E-state index >= 15 is 0 Å². The molecule has 0 aliphatic heterocycles. The summed E-state index contributed by atoms with van der Waals surface area (Å²) >= 11 is 0. The van der Waals surface area contributed by atoms with Gasteiger partial charge in [-0.2, -0.15) is 0 Å². The molecule has 0 saturated heterocycles. The first-order valence-electron chi connectivity index (χ1n) is 6.01. The van der Waals surface area contributed by atoms with Gasteiger partial charge in [-0.1, -0.05) is 24.3 Å². The lowest BCUT2D eigenvalue weighted by molar-refractivity contribution is 0.510. The number of aromatic nitrogens is 2. The summed E-state index contributed by atoms with van der Waals surface area (Å²) in [5.41, 5.74) is 1.31. The number of halogens is 2. The highest BCUT2D eigenvalue weighted by Gasteiger charge is 2.11. The van der Waals surface area contributed by atoms with Crippen LogP contribution in [-0.2, 0) is 0 Å². The number of aromatic amines is 1. The van der Waals surface area contributed by atoms with Gasteiger partial charge in [0.05, 0.1) is 10.9 Å². The summed E-state index contributed by atoms with van der Waals surface area (Å²) in [5, 5.41) is 0.0289. The Morgan fingerprint density at radius 3 is 2.55 bits per heavy atom. The molecule has 0 aliphatic carbocycles. The predicted octanol–water partition coefficient (Wildman–Crippen LogP) is 3.18. The number of H-pyrrole nitrogens is 1. The Morgan fingerprint density at radius 1 is 1.10 bits per heavy atom. The van der Waals surface area contributed by atoms with Crippen molar-refractivity contribution in [2.45, 2.75) is 6.92 Å². The van der Waals surface area contributed by atoms with Crippen molar-refractivity contribution in [1.82, 2.24) is 9.97 Å². The Hall–Kier alpha value is -2.56. The quantitative estimate of drug-likeness (QED) is 0.739. The van der Waals surface area contributed by atoms with Crippen molar-refractivity contribution in [1.29, 1.82) is 0 Å². The number of hydrogen-bond donors (Lipinski definition) is 1. The lowest BCUT2D eigenvalue weighted by Crippen LogP contribution is -2.10. The normalized spacial score (nSPS) is 10.9. The third-order valence-electron chi connectivity index (χ3n) is 3.15. The van der Waals surface area contributed by atoms with E-state index in [0.29, 0.717) is 5.82 Å². The molecule has 0 radical (unpaired) electrons. The first kappa shape index (κ1) is 12.5. The van der Waals surface area contributed by atoms with Crippen molar-refractivity contribution in [2.24, 2.45) is 0 Å². The van der Waals surface area contributed by atoms with Gasteiger partial charge in [-0.3, -0.25) is 4.79 Å². The molecule has 3 nitrogen and oxygen atoms in total. The number of nitrogens with one attached hydrogen (secondary N) is 1. The minimum Gasteiger partial charge on any atom is -0.306 e. The molecule has 0 bridgehead atoms. The molecule has 0 saturated carbocycles. The van der Waals surface area contributed by atoms with Crippen LogP contribution in [-0.4, -0.2) is 9.97 Å². The maximum absolute atomic E-state index is 13.3. The van der Waals surface area contributed by atoms with E-state index in [0.717, 1.165) is 23.3 Å². The van der Waals surface area contributed by atoms with Crippen molar-refractivity contribution < 1.29 is 8.78 Å². The van der Waals surface area contributed by atoms with Gasteiger partial charge in [-0.25, -0.2) is 13.8 Å². The van der Waals surface area contributed by atoms with Crippen LogP contribution in [0.15, 0.2) is 41.2 Å². The highest BCUT2D eigenvalue weighted by molar-refractivity contribution is 5.79. The van der Waals surface area contributed by atoms with E-state index in [2.05, 4.69) is 9.97 Å². The van der Waals surface area contributed by atoms with Crippen LogP contribution < -0.4 is 5.56 Å². The van der Waals surface area contributed by atoms with E-state index in [9.17, 15) is 13.6 Å². The van der Waals surface area contributed by atoms with E-state index in [1.807, 2.05) is 25.1 Å². The average Bonchev–Trinajstić information content (AvgIpc) is 2.41. The SMILES string of the molecule is Cc1ccccc1-c1nc2cc(F)c(F)cc2c(=O)[nH]1. The summed E-state index contributed by atoms with van der Waals surface area (Å²) < 4.78 is 26.4. The number of benzene rings is 2. The smallest absolute Gasteiger partial charge is 0.259 e. The number of nitrogens with zero attached hydrogens (tertiary/aromatic N) is 1. The van der Waals surface area contributed by atoms with E-state index in [4.69, 9.17) is 0 Å². The first-order chi connectivity index (χ1) is 9.56. The number of rotatable bonds is 1. The summed E-state index contributed by atoms with van der Waals surface area (Å²) in [4.78, 5) is 18.8. The standard InChI is InChI=1S/C15H10F2N2O/c1-8-4-2-3-5-9(8)14-18-13-7-12(17)11(16)6-10(13)15(20)19-14/h2-7H,1H3,(H,18,19,20). The molecule has 1 heterocycles. The molecule has 20 heavy (non-hydrogen) atoms. The minimum atomic E-state index is -1.06. The summed E-state index contributed by atoms with van der Waals surface area (Å²) in [5.74, 6) is -1.74. The maximum atomic E-state index is 13.3. The fraction of sp³-hybridized carbons (Fsp3) is 0.0667. The van der Waals surface area contributed by atoms with Gasteiger partial charge in [0.2, 0.25) is 0 Å². The van der Waals surface area contributed by atoms with Crippen LogP contribution in [0.4, 0.5) is 8.78 Å². The van der Waals surface area contributed by atoms with Crippen LogP contribution in [0.3, 0.4) is 0 Å². The highest BCUT2D eigenvalue weighted by atomic mass is 19.2. The van der Waals surface area contributed by atoms with Crippen LogP contribution in [0.5, 0.6) is 0 Å². The van der Waals surface area contributed by atoms with Gasteiger partial charge in [0, 0.05) is 11.6 Å². The van der Waals surface area contributed by atoms with E-state index < -0.39 is 17.2 Å². The topological polar surface area (TPSA) is 45.8 Å². The van der Waals surface area contributed by atoms with Gasteiger partial charge >= 0.3 is 0 Å². The molecule has 1 aromatic heterocycles. The molecule has 100 valence electrons. The van der Waals surface area contributed by atoms with Crippen molar-refractivity contribution >= 4 is 10.9 Å². The van der Waals surface area contributed by atoms with Gasteiger partial charge in [0.15, 0.2) is 11.6 Å². The zero-order valence-corrected chi connectivity index (χ0v) is 10.6. The van der Waals surface area contributed by atoms with Gasteiger partial charge in [0.1, 0.15) is 5.82 Å². The monoisotopic (exact) mass is 272 g/mol. The predicted molar refractivity (Wildman–Crippen MR) is 72.5 cm³/mol. The average molecular weight is 272 g/mol. The number of fused-ring (bicyclic) bond motifs is 1. The second-order valence-electron chi connectivity index (χ2n) is 4.51. The lowest BCUT2D eigenvalue weighted by Gasteiger charge is -2.06. The molecule has 3 aromatic rings. The molecule has 0 spiro atoms. The lowest BCUT2D eigenvalue weighted by atomic mass is 10.1. The molecule has 0 unspecified atom stereocenters. The van der Waals surface area contributed by atoms with Crippen molar-refractivity contribution in [3.63, 3.8) is 0 Å². The Bertz CT molecular complexity index is 871. The largest absolute Gasteiger partial charge is 0.306 e. The van der Waals surface area contributed by atoms with Gasteiger partial charge in [0.25, 0.3) is 5.56 Å². The molecule has 1 N–H and O–H groups in total. The third kappa shape index (κ3) is 1.97. The molecule has 0 atom stereocenters. The molecule has 2 aromatic carbocycles. The Morgan fingerprint density at radius 2 is 1.80 bits per heavy atom. The second-order valence-corrected chi connectivity index (χ2v) is 4.51. The van der Waals surface area contributed by atoms with Crippen LogP contribution in [0.25, 0.3) is 22.3 Å². The molecule has 0 aliphatic rings. The third-order valence-corrected chi connectivity index (χ3v) is 3.15. The highest BCUT2D eigenvalue weighted by Crippen LogP contribution is 2.21. The number of aryl methyl sites for hydroxylation is 1. The summed E-state index contributed by atoms with van der Waals surface area (Å²) in [6.07, 6.45) is 0. The van der Waals surface area contributed by atoms with Crippen molar-refractivity contribution in [2.75, 3.05) is 0 Å². The zero-order valence-electron chi connectivity index (χ0n) is 10.6. The van der Waals surface area contributed by atoms with Crippen LogP contribution >= 0.6 is 0 Å². The summed E-state index contributed by atoms with van der Waals surface area (Å²) in [6.45, 7) is 1.88. The molecule has 5 heteroatoms. The van der Waals surface area contributed by atoms with Crippen LogP contribution in [0.1, 0.15) is 5.56 Å². The molecule has 0 fully saturated rings.